The van der Waals surface area contributed by atoms with Crippen molar-refractivity contribution in [3.05, 3.63) is 0 Å². The van der Waals surface area contributed by atoms with Crippen molar-refractivity contribution in [2.24, 2.45) is 5.92 Å². The Bertz CT molecular complexity index is 215. The summed E-state index contributed by atoms with van der Waals surface area (Å²) in [5.74, 6) is 0.887. The topological polar surface area (TPSA) is 29.5 Å². The molecule has 0 bridgehead atoms. The first kappa shape index (κ1) is 17.4. The zero-order chi connectivity index (χ0) is 14.0. The van der Waals surface area contributed by atoms with E-state index >= 15 is 0 Å². The van der Waals surface area contributed by atoms with E-state index in [1.165, 1.54) is 0 Å². The van der Waals surface area contributed by atoms with Gasteiger partial charge in [0.1, 0.15) is 0 Å². The molecule has 0 aromatic rings. The van der Waals surface area contributed by atoms with Crippen LogP contribution < -0.4 is 0 Å². The summed E-state index contributed by atoms with van der Waals surface area (Å²) >= 11 is 0. The maximum absolute atomic E-state index is 11.8. The van der Waals surface area contributed by atoms with E-state index in [9.17, 15) is 4.79 Å². The molecule has 0 aliphatic carbocycles. The molecule has 0 spiro atoms. The molecule has 0 N–H and O–H groups in total. The zero-order valence-corrected chi connectivity index (χ0v) is 12.9. The third-order valence-electron chi connectivity index (χ3n) is 2.95. The van der Waals surface area contributed by atoms with Crippen molar-refractivity contribution in [1.29, 1.82) is 0 Å². The van der Waals surface area contributed by atoms with E-state index in [1.807, 2.05) is 11.9 Å². The summed E-state index contributed by atoms with van der Waals surface area (Å²) in [7, 11) is 1.91. The van der Waals surface area contributed by atoms with Crippen molar-refractivity contribution in [3.63, 3.8) is 0 Å². The number of hydrogen-bond donors (Lipinski definition) is 0. The summed E-state index contributed by atoms with van der Waals surface area (Å²) in [6.07, 6.45) is 5.30. The number of carbonyl (C=O) groups is 1. The Hall–Kier alpha value is -0.570. The number of nitrogens with zero attached hydrogens (tertiary/aromatic N) is 1. The van der Waals surface area contributed by atoms with Gasteiger partial charge in [0, 0.05) is 26.6 Å². The Labute approximate surface area is 113 Å². The quantitative estimate of drug-likeness (QED) is 0.561. The van der Waals surface area contributed by atoms with E-state index < -0.39 is 0 Å². The zero-order valence-electron chi connectivity index (χ0n) is 12.9. The minimum Gasteiger partial charge on any atom is -0.379 e. The second kappa shape index (κ2) is 10.4. The molecule has 108 valence electrons. The van der Waals surface area contributed by atoms with Crippen molar-refractivity contribution >= 4 is 5.91 Å². The normalized spacial score (nSPS) is 11.3. The minimum absolute atomic E-state index is 0.280. The molecule has 0 aromatic heterocycles. The lowest BCUT2D eigenvalue weighted by Gasteiger charge is -2.17. The van der Waals surface area contributed by atoms with Gasteiger partial charge in [0.2, 0.25) is 5.91 Å². The summed E-state index contributed by atoms with van der Waals surface area (Å²) in [5.41, 5.74) is 0. The third kappa shape index (κ3) is 10.6. The van der Waals surface area contributed by atoms with Gasteiger partial charge in [-0.15, -0.1) is 0 Å². The van der Waals surface area contributed by atoms with E-state index in [0.29, 0.717) is 18.4 Å². The van der Waals surface area contributed by atoms with Crippen molar-refractivity contribution < 1.29 is 9.53 Å². The molecule has 0 saturated heterocycles. The third-order valence-corrected chi connectivity index (χ3v) is 2.95. The Morgan fingerprint density at radius 1 is 1.11 bits per heavy atom. The molecule has 0 aromatic carbocycles. The number of carbonyl (C=O) groups excluding carboxylic acids is 1. The molecular formula is C15H31NO2. The van der Waals surface area contributed by atoms with Gasteiger partial charge in [-0.25, -0.2) is 0 Å². The molecule has 0 radical (unpaired) electrons. The average molecular weight is 257 g/mol. The SMILES string of the molecule is CC(C)CCC(=O)N(C)CCCCCOC(C)C. The fourth-order valence-electron chi connectivity index (χ4n) is 1.67. The molecule has 3 nitrogen and oxygen atoms in total. The first-order valence-electron chi connectivity index (χ1n) is 7.29. The van der Waals surface area contributed by atoms with Gasteiger partial charge in [-0.3, -0.25) is 4.79 Å². The molecular weight excluding hydrogens is 226 g/mol. The summed E-state index contributed by atoms with van der Waals surface area (Å²) in [4.78, 5) is 13.6. The standard InChI is InChI=1S/C15H31NO2/c1-13(2)9-10-15(17)16(5)11-7-6-8-12-18-14(3)4/h13-14H,6-12H2,1-5H3. The number of amides is 1. The smallest absolute Gasteiger partial charge is 0.222 e. The highest BCUT2D eigenvalue weighted by Crippen LogP contribution is 2.06. The summed E-state index contributed by atoms with van der Waals surface area (Å²) in [6, 6.07) is 0. The first-order chi connectivity index (χ1) is 8.43. The van der Waals surface area contributed by atoms with Gasteiger partial charge in [-0.05, 0) is 45.4 Å². The van der Waals surface area contributed by atoms with Crippen LogP contribution >= 0.6 is 0 Å². The highest BCUT2D eigenvalue weighted by Gasteiger charge is 2.08. The lowest BCUT2D eigenvalue weighted by atomic mass is 10.1. The maximum atomic E-state index is 11.8. The number of ether oxygens (including phenoxy) is 1. The summed E-state index contributed by atoms with van der Waals surface area (Å²) in [5, 5.41) is 0. The molecule has 0 aliphatic rings. The average Bonchev–Trinajstić information content (AvgIpc) is 2.29. The predicted octanol–water partition coefficient (Wildman–Crippen LogP) is 3.48. The first-order valence-corrected chi connectivity index (χ1v) is 7.29. The van der Waals surface area contributed by atoms with E-state index in [0.717, 1.165) is 38.8 Å². The van der Waals surface area contributed by atoms with Crippen molar-refractivity contribution in [2.45, 2.75) is 65.9 Å². The van der Waals surface area contributed by atoms with Gasteiger partial charge in [0.15, 0.2) is 0 Å². The highest BCUT2D eigenvalue weighted by atomic mass is 16.5. The van der Waals surface area contributed by atoms with E-state index in [2.05, 4.69) is 27.7 Å². The van der Waals surface area contributed by atoms with Gasteiger partial charge in [0.05, 0.1) is 6.10 Å². The lowest BCUT2D eigenvalue weighted by molar-refractivity contribution is -0.130. The Kier molecular flexibility index (Phi) is 10.0. The van der Waals surface area contributed by atoms with Crippen LogP contribution in [0.5, 0.6) is 0 Å². The Morgan fingerprint density at radius 2 is 1.78 bits per heavy atom. The van der Waals surface area contributed by atoms with Crippen LogP contribution in [0.1, 0.15) is 59.8 Å². The van der Waals surface area contributed by atoms with Gasteiger partial charge < -0.3 is 9.64 Å². The van der Waals surface area contributed by atoms with Crippen molar-refractivity contribution in [1.82, 2.24) is 4.90 Å². The molecule has 1 amide bonds. The van der Waals surface area contributed by atoms with Crippen LogP contribution in [0.15, 0.2) is 0 Å². The highest BCUT2D eigenvalue weighted by molar-refractivity contribution is 5.75. The Morgan fingerprint density at radius 3 is 2.33 bits per heavy atom. The maximum Gasteiger partial charge on any atom is 0.222 e. The van der Waals surface area contributed by atoms with Gasteiger partial charge in [-0.1, -0.05) is 13.8 Å². The second-order valence-electron chi connectivity index (χ2n) is 5.73. The van der Waals surface area contributed by atoms with Crippen LogP contribution in [0.4, 0.5) is 0 Å². The predicted molar refractivity (Wildman–Crippen MR) is 76.6 cm³/mol. The van der Waals surface area contributed by atoms with Crippen molar-refractivity contribution in [3.8, 4) is 0 Å². The molecule has 3 heteroatoms. The molecule has 0 fully saturated rings. The summed E-state index contributed by atoms with van der Waals surface area (Å²) < 4.78 is 5.48. The molecule has 0 rings (SSSR count). The van der Waals surface area contributed by atoms with Crippen LogP contribution in [-0.4, -0.2) is 37.1 Å². The molecule has 18 heavy (non-hydrogen) atoms. The molecule has 0 aliphatic heterocycles. The molecule has 0 atom stereocenters. The van der Waals surface area contributed by atoms with Gasteiger partial charge in [-0.2, -0.15) is 0 Å². The number of hydrogen-bond acceptors (Lipinski definition) is 2. The van der Waals surface area contributed by atoms with E-state index in [1.54, 1.807) is 0 Å². The van der Waals surface area contributed by atoms with Crippen LogP contribution in [0.2, 0.25) is 0 Å². The molecule has 0 heterocycles. The van der Waals surface area contributed by atoms with Crippen LogP contribution in [0, 0.1) is 5.92 Å². The fraction of sp³-hybridized carbons (Fsp3) is 0.933. The Balaban J connectivity index is 3.46. The summed E-state index contributed by atoms with van der Waals surface area (Å²) in [6.45, 7) is 10.1. The second-order valence-corrected chi connectivity index (χ2v) is 5.73. The van der Waals surface area contributed by atoms with Crippen LogP contribution in [-0.2, 0) is 9.53 Å². The van der Waals surface area contributed by atoms with E-state index in [4.69, 9.17) is 4.74 Å². The van der Waals surface area contributed by atoms with Crippen molar-refractivity contribution in [2.75, 3.05) is 20.2 Å². The molecule has 0 unspecified atom stereocenters. The van der Waals surface area contributed by atoms with E-state index in [-0.39, 0.29) is 5.91 Å². The monoisotopic (exact) mass is 257 g/mol. The number of unbranched alkanes of at least 4 members (excludes halogenated alkanes) is 2. The molecule has 0 saturated carbocycles. The largest absolute Gasteiger partial charge is 0.379 e. The lowest BCUT2D eigenvalue weighted by Crippen LogP contribution is -2.27. The van der Waals surface area contributed by atoms with Gasteiger partial charge in [0.25, 0.3) is 0 Å². The van der Waals surface area contributed by atoms with Crippen LogP contribution in [0.3, 0.4) is 0 Å². The van der Waals surface area contributed by atoms with Crippen LogP contribution in [0.25, 0.3) is 0 Å². The number of rotatable bonds is 10. The fourth-order valence-corrected chi connectivity index (χ4v) is 1.67. The minimum atomic E-state index is 0.280. The van der Waals surface area contributed by atoms with Gasteiger partial charge >= 0.3 is 0 Å².